The van der Waals surface area contributed by atoms with Crippen molar-refractivity contribution in [2.75, 3.05) is 13.2 Å². The number of hydrogen-bond donors (Lipinski definition) is 0. The summed E-state index contributed by atoms with van der Waals surface area (Å²) in [7, 11) is 0. The van der Waals surface area contributed by atoms with Crippen LogP contribution in [0.3, 0.4) is 0 Å². The van der Waals surface area contributed by atoms with Crippen molar-refractivity contribution in [3.05, 3.63) is 35.9 Å². The number of nitrogens with zero attached hydrogens (tertiary/aromatic N) is 1. The lowest BCUT2D eigenvalue weighted by molar-refractivity contribution is -0.132. The molecule has 1 radical (unpaired) electrons. The Kier molecular flexibility index (Phi) is 10.4. The highest BCUT2D eigenvalue weighted by atomic mass is 16.3. The molecule has 1 aromatic rings. The van der Waals surface area contributed by atoms with Crippen molar-refractivity contribution in [2.24, 2.45) is 0 Å². The lowest BCUT2D eigenvalue weighted by atomic mass is 10.1. The zero-order valence-corrected chi connectivity index (χ0v) is 13.9. The van der Waals surface area contributed by atoms with Crippen molar-refractivity contribution >= 4 is 5.91 Å². The molecule has 0 aliphatic rings. The molecule has 0 bridgehead atoms. The first-order valence-electron chi connectivity index (χ1n) is 8.67. The number of amides is 1. The number of hydrogen-bond acceptors (Lipinski definition) is 1. The van der Waals surface area contributed by atoms with Crippen LogP contribution in [0.5, 0.6) is 0 Å². The molecule has 0 fully saturated rings. The van der Waals surface area contributed by atoms with Gasteiger partial charge in [0.05, 0.1) is 6.61 Å². The summed E-state index contributed by atoms with van der Waals surface area (Å²) in [5, 5.41) is 10.7. The predicted octanol–water partition coefficient (Wildman–Crippen LogP) is 4.59. The smallest absolute Gasteiger partial charge is 0.222 e. The summed E-state index contributed by atoms with van der Waals surface area (Å²) < 4.78 is 0. The van der Waals surface area contributed by atoms with E-state index in [1.807, 2.05) is 35.2 Å². The normalized spacial score (nSPS) is 10.6. The van der Waals surface area contributed by atoms with E-state index < -0.39 is 0 Å². The van der Waals surface area contributed by atoms with Gasteiger partial charge in [-0.25, -0.2) is 5.11 Å². The molecule has 0 unspecified atom stereocenters. The van der Waals surface area contributed by atoms with E-state index in [-0.39, 0.29) is 12.5 Å². The topological polar surface area (TPSA) is 40.2 Å². The Hall–Kier alpha value is -1.35. The SMILES string of the molecule is CCCCCCCCC(=O)N(CCC[O])Cc1ccccc1. The lowest BCUT2D eigenvalue weighted by Gasteiger charge is -2.22. The van der Waals surface area contributed by atoms with Gasteiger partial charge in [-0.1, -0.05) is 69.4 Å². The molecule has 0 aromatic heterocycles. The maximum atomic E-state index is 12.4. The van der Waals surface area contributed by atoms with Crippen molar-refractivity contribution in [3.63, 3.8) is 0 Å². The van der Waals surface area contributed by atoms with Crippen LogP contribution >= 0.6 is 0 Å². The molecule has 0 aliphatic carbocycles. The van der Waals surface area contributed by atoms with E-state index in [4.69, 9.17) is 0 Å². The molecular weight excluding hydrogens is 274 g/mol. The largest absolute Gasteiger partial charge is 0.338 e. The maximum absolute atomic E-state index is 12.4. The first-order valence-corrected chi connectivity index (χ1v) is 8.67. The Balaban J connectivity index is 2.36. The minimum Gasteiger partial charge on any atom is -0.338 e. The van der Waals surface area contributed by atoms with Gasteiger partial charge in [0.25, 0.3) is 0 Å². The lowest BCUT2D eigenvalue weighted by Crippen LogP contribution is -2.31. The van der Waals surface area contributed by atoms with Crippen LogP contribution in [0.2, 0.25) is 0 Å². The molecule has 1 aromatic carbocycles. The van der Waals surface area contributed by atoms with Gasteiger partial charge in [-0.3, -0.25) is 4.79 Å². The van der Waals surface area contributed by atoms with Crippen molar-refractivity contribution in [2.45, 2.75) is 64.8 Å². The Labute approximate surface area is 135 Å². The van der Waals surface area contributed by atoms with Gasteiger partial charge >= 0.3 is 0 Å². The average Bonchev–Trinajstić information content (AvgIpc) is 2.55. The monoisotopic (exact) mass is 304 g/mol. The van der Waals surface area contributed by atoms with Crippen LogP contribution in [0, 0.1) is 0 Å². The third kappa shape index (κ3) is 8.18. The summed E-state index contributed by atoms with van der Waals surface area (Å²) in [5.74, 6) is 0.188. The molecule has 0 heterocycles. The Bertz CT molecular complexity index is 392. The van der Waals surface area contributed by atoms with Gasteiger partial charge in [0.15, 0.2) is 0 Å². The first-order chi connectivity index (χ1) is 10.8. The highest BCUT2D eigenvalue weighted by molar-refractivity contribution is 5.76. The van der Waals surface area contributed by atoms with E-state index in [0.29, 0.717) is 25.9 Å². The van der Waals surface area contributed by atoms with Crippen LogP contribution in [-0.4, -0.2) is 24.0 Å². The molecule has 22 heavy (non-hydrogen) atoms. The second kappa shape index (κ2) is 12.2. The molecule has 0 spiro atoms. The second-order valence-electron chi connectivity index (χ2n) is 5.88. The Morgan fingerprint density at radius 1 is 0.955 bits per heavy atom. The molecule has 0 atom stereocenters. The maximum Gasteiger partial charge on any atom is 0.222 e. The van der Waals surface area contributed by atoms with E-state index in [1.165, 1.54) is 25.7 Å². The molecule has 1 rings (SSSR count). The average molecular weight is 304 g/mol. The fourth-order valence-electron chi connectivity index (χ4n) is 2.57. The van der Waals surface area contributed by atoms with Gasteiger partial charge in [-0.05, 0) is 18.4 Å². The fourth-order valence-corrected chi connectivity index (χ4v) is 2.57. The molecule has 0 N–H and O–H groups in total. The van der Waals surface area contributed by atoms with E-state index in [1.54, 1.807) is 0 Å². The number of carbonyl (C=O) groups is 1. The molecule has 0 aliphatic heterocycles. The molecule has 0 saturated carbocycles. The molecule has 3 heteroatoms. The predicted molar refractivity (Wildman–Crippen MR) is 90.0 cm³/mol. The van der Waals surface area contributed by atoms with Crippen molar-refractivity contribution in [1.82, 2.24) is 4.90 Å². The quantitative estimate of drug-likeness (QED) is 0.521. The molecule has 123 valence electrons. The van der Waals surface area contributed by atoms with Crippen LogP contribution in [0.4, 0.5) is 0 Å². The van der Waals surface area contributed by atoms with E-state index in [9.17, 15) is 9.90 Å². The van der Waals surface area contributed by atoms with Gasteiger partial charge < -0.3 is 4.90 Å². The van der Waals surface area contributed by atoms with Crippen molar-refractivity contribution in [3.8, 4) is 0 Å². The number of carbonyl (C=O) groups excluding carboxylic acids is 1. The summed E-state index contributed by atoms with van der Waals surface area (Å²) in [5.41, 5.74) is 1.13. The summed E-state index contributed by atoms with van der Waals surface area (Å²) >= 11 is 0. The van der Waals surface area contributed by atoms with Crippen LogP contribution < -0.4 is 0 Å². The van der Waals surface area contributed by atoms with Crippen LogP contribution in [0.25, 0.3) is 0 Å². The van der Waals surface area contributed by atoms with Gasteiger partial charge in [0.2, 0.25) is 5.91 Å². The standard InChI is InChI=1S/C19H30NO2/c1-2-3-4-5-6-10-14-19(22)20(15-11-16-21)17-18-12-8-7-9-13-18/h7-9,12-13H,2-6,10-11,14-17H2,1H3. The number of rotatable bonds is 12. The summed E-state index contributed by atoms with van der Waals surface area (Å²) in [6.07, 6.45) is 8.27. The highest BCUT2D eigenvalue weighted by Crippen LogP contribution is 2.11. The van der Waals surface area contributed by atoms with Gasteiger partial charge in [0, 0.05) is 19.5 Å². The van der Waals surface area contributed by atoms with E-state index >= 15 is 0 Å². The van der Waals surface area contributed by atoms with Crippen LogP contribution in [-0.2, 0) is 16.4 Å². The van der Waals surface area contributed by atoms with E-state index in [0.717, 1.165) is 18.4 Å². The Morgan fingerprint density at radius 2 is 1.64 bits per heavy atom. The minimum absolute atomic E-state index is 0.115. The summed E-state index contributed by atoms with van der Waals surface area (Å²) in [6, 6.07) is 10.0. The van der Waals surface area contributed by atoms with Crippen LogP contribution in [0.1, 0.15) is 63.9 Å². The molecule has 3 nitrogen and oxygen atoms in total. The van der Waals surface area contributed by atoms with Gasteiger partial charge in [-0.2, -0.15) is 0 Å². The van der Waals surface area contributed by atoms with Crippen molar-refractivity contribution in [1.29, 1.82) is 0 Å². The van der Waals surface area contributed by atoms with Crippen molar-refractivity contribution < 1.29 is 9.90 Å². The number of benzene rings is 1. The third-order valence-corrected chi connectivity index (χ3v) is 3.89. The fraction of sp³-hybridized carbons (Fsp3) is 0.632. The molecular formula is C19H30NO2. The summed E-state index contributed by atoms with van der Waals surface area (Å²) in [4.78, 5) is 14.2. The Morgan fingerprint density at radius 3 is 2.32 bits per heavy atom. The minimum atomic E-state index is -0.115. The first kappa shape index (κ1) is 18.7. The zero-order chi connectivity index (χ0) is 16.0. The third-order valence-electron chi connectivity index (χ3n) is 3.89. The van der Waals surface area contributed by atoms with E-state index in [2.05, 4.69) is 6.92 Å². The van der Waals surface area contributed by atoms with Gasteiger partial charge in [-0.15, -0.1) is 0 Å². The molecule has 0 saturated heterocycles. The molecule has 1 amide bonds. The number of unbranched alkanes of at least 4 members (excludes halogenated alkanes) is 5. The van der Waals surface area contributed by atoms with Gasteiger partial charge in [0.1, 0.15) is 0 Å². The van der Waals surface area contributed by atoms with Crippen LogP contribution in [0.15, 0.2) is 30.3 Å². The zero-order valence-electron chi connectivity index (χ0n) is 13.9. The highest BCUT2D eigenvalue weighted by Gasteiger charge is 2.13. The second-order valence-corrected chi connectivity index (χ2v) is 5.88. The summed E-state index contributed by atoms with van der Waals surface area (Å²) in [6.45, 7) is 3.29.